The summed E-state index contributed by atoms with van der Waals surface area (Å²) in [5.41, 5.74) is 3.47. The molecule has 0 bridgehead atoms. The Balaban J connectivity index is -0.000000118. The number of nitrogens with one attached hydrogen (secondary N) is 2. The molecule has 2 aromatic heterocycles. The zero-order chi connectivity index (χ0) is 28.8. The third-order valence-electron chi connectivity index (χ3n) is 3.08. The number of rotatable bonds is 4. The molecule has 0 aliphatic carbocycles. The van der Waals surface area contributed by atoms with E-state index < -0.39 is 15.3 Å². The van der Waals surface area contributed by atoms with Crippen LogP contribution < -0.4 is 79.4 Å². The summed E-state index contributed by atoms with van der Waals surface area (Å²) in [4.78, 5) is 26.7. The molecule has 2 heterocycles. The van der Waals surface area contributed by atoms with E-state index in [1.54, 1.807) is 21.0 Å². The molecule has 15 nitrogen and oxygen atoms in total. The minimum absolute atomic E-state index is 0. The van der Waals surface area contributed by atoms with Gasteiger partial charge in [0.25, 0.3) is 5.69 Å². The van der Waals surface area contributed by atoms with Crippen LogP contribution in [0, 0.1) is 42.7 Å². The van der Waals surface area contributed by atoms with Crippen molar-refractivity contribution in [1.29, 1.82) is 0 Å². The van der Waals surface area contributed by atoms with Gasteiger partial charge in [0.15, 0.2) is 5.88 Å². The van der Waals surface area contributed by atoms with Crippen LogP contribution in [0.15, 0.2) is 11.4 Å². The first-order chi connectivity index (χ1) is 16.1. The molecule has 2 aromatic rings. The molecule has 0 amide bonds. The Morgan fingerprint density at radius 1 is 1.06 bits per heavy atom. The smallest absolute Gasteiger partial charge is 0.635 e. The third kappa shape index (κ3) is 29.1. The zero-order valence-electron chi connectivity index (χ0n) is 19.8. The van der Waals surface area contributed by atoms with E-state index in [-0.39, 0.29) is 57.1 Å². The number of methoxy groups -OCH3 is 2. The molecular formula is C14H23I5KN4O11S-. The molecule has 0 aromatic carbocycles. The molecule has 0 atom stereocenters. The van der Waals surface area contributed by atoms with Gasteiger partial charge in [0, 0.05) is 48.5 Å². The number of hydrogen-bond acceptors (Lipinski definition) is 10. The number of aromatic amines is 2. The standard InChI is InChI=1S/C7H10N2O3.C7H11NO.I3.I2.K.HNO3.H2O4S/c1-4-6(9(10)11)5(2)8-7(4)12-3;1-5-4-6(2)8-7(5)9-3;1-3-2;1-2;;2-1-4-3;1-5(2,3)4/h8H,1-3H3;4,8H,1-3H3;;;;3H;(H2,1,2,3,4)/q;;-1;;+1;;/p-1. The molecule has 0 saturated carbocycles. The monoisotopic (exact) mass is 1130 g/mol. The van der Waals surface area contributed by atoms with Crippen LogP contribution in [-0.2, 0) is 15.4 Å². The first-order valence-electron chi connectivity index (χ1n) is 8.05. The van der Waals surface area contributed by atoms with Gasteiger partial charge < -0.3 is 29.7 Å². The predicted octanol–water partition coefficient (Wildman–Crippen LogP) is -0.954. The van der Waals surface area contributed by atoms with Gasteiger partial charge in [-0.3, -0.25) is 19.2 Å². The van der Waals surface area contributed by atoms with E-state index in [1.807, 2.05) is 13.8 Å². The predicted molar refractivity (Wildman–Crippen MR) is 157 cm³/mol. The van der Waals surface area contributed by atoms with Crippen LogP contribution in [0.4, 0.5) is 5.69 Å². The van der Waals surface area contributed by atoms with Gasteiger partial charge >= 0.3 is 112 Å². The molecule has 36 heavy (non-hydrogen) atoms. The second-order valence-electron chi connectivity index (χ2n) is 5.33. The summed E-state index contributed by atoms with van der Waals surface area (Å²) in [6, 6.07) is 2.05. The molecule has 0 unspecified atom stereocenters. The van der Waals surface area contributed by atoms with Crippen molar-refractivity contribution in [3.05, 3.63) is 43.6 Å². The maximum absolute atomic E-state index is 10.5. The normalized spacial score (nSPS) is 8.69. The van der Waals surface area contributed by atoms with E-state index in [1.165, 1.54) is 12.4 Å². The molecule has 0 radical (unpaired) electrons. The average molecular weight is 1130 g/mol. The van der Waals surface area contributed by atoms with E-state index in [9.17, 15) is 10.1 Å². The maximum atomic E-state index is 10.5. The van der Waals surface area contributed by atoms with E-state index >= 15 is 0 Å². The third-order valence-corrected chi connectivity index (χ3v) is 3.08. The molecule has 22 heteroatoms. The Labute approximate surface area is 304 Å². The van der Waals surface area contributed by atoms with Crippen LogP contribution in [0.25, 0.3) is 0 Å². The summed E-state index contributed by atoms with van der Waals surface area (Å²) in [6.45, 7) is 7.33. The summed E-state index contributed by atoms with van der Waals surface area (Å²) < 4.78 is 41.5. The van der Waals surface area contributed by atoms with Crippen molar-refractivity contribution >= 4 is 90.5 Å². The summed E-state index contributed by atoms with van der Waals surface area (Å²) in [5.74, 6) is 1.33. The van der Waals surface area contributed by atoms with Gasteiger partial charge in [-0.1, -0.05) is 0 Å². The number of ether oxygens (including phenoxy) is 2. The molecule has 0 saturated heterocycles. The first-order valence-corrected chi connectivity index (χ1v) is 28.3. The van der Waals surface area contributed by atoms with Crippen molar-refractivity contribution in [3.8, 4) is 11.8 Å². The molecular weight excluding hydrogens is 1110 g/mol. The van der Waals surface area contributed by atoms with Crippen molar-refractivity contribution in [3.63, 3.8) is 0 Å². The van der Waals surface area contributed by atoms with Crippen molar-refractivity contribution < 1.29 is 107 Å². The minimum Gasteiger partial charge on any atom is -0.635 e. The van der Waals surface area contributed by atoms with Gasteiger partial charge in [-0.05, 0) is 33.8 Å². The quantitative estimate of drug-likeness (QED) is 0.0555. The second kappa shape index (κ2) is 30.0. The van der Waals surface area contributed by atoms with Crippen molar-refractivity contribution in [2.24, 2.45) is 5.34 Å². The van der Waals surface area contributed by atoms with Crippen LogP contribution in [0.5, 0.6) is 11.8 Å². The van der Waals surface area contributed by atoms with Crippen LogP contribution >= 0.6 is 74.5 Å². The summed E-state index contributed by atoms with van der Waals surface area (Å²) in [6.07, 6.45) is 0. The largest absolute Gasteiger partial charge is 1.00 e. The first kappa shape index (κ1) is 47.8. The Bertz CT molecular complexity index is 940. The van der Waals surface area contributed by atoms with Crippen LogP contribution in [0.3, 0.4) is 0 Å². The Morgan fingerprint density at radius 2 is 1.42 bits per heavy atom. The van der Waals surface area contributed by atoms with Crippen LogP contribution in [0.2, 0.25) is 0 Å². The van der Waals surface area contributed by atoms with Gasteiger partial charge in [-0.15, -0.1) is 4.91 Å². The topological polar surface area (TPSA) is 229 Å². The second-order valence-corrected chi connectivity index (χ2v) is 22.5. The van der Waals surface area contributed by atoms with Gasteiger partial charge in [0.1, 0.15) is 5.34 Å². The molecule has 208 valence electrons. The summed E-state index contributed by atoms with van der Waals surface area (Å²) >= 11 is 9.54. The van der Waals surface area contributed by atoms with Gasteiger partial charge in [-0.2, -0.15) is 8.42 Å². The summed E-state index contributed by atoms with van der Waals surface area (Å²) in [5, 5.41) is 20.3. The molecule has 0 spiro atoms. The fraction of sp³-hybridized carbons (Fsp3) is 0.429. The van der Waals surface area contributed by atoms with Gasteiger partial charge in [0.05, 0.1) is 30.4 Å². The fourth-order valence-corrected chi connectivity index (χ4v) is 2.11. The van der Waals surface area contributed by atoms with Crippen molar-refractivity contribution in [2.45, 2.75) is 27.7 Å². The number of aryl methyl sites for hydroxylation is 3. The fourth-order valence-electron chi connectivity index (χ4n) is 2.11. The number of halogens is 5. The Morgan fingerprint density at radius 3 is 1.56 bits per heavy atom. The molecule has 0 aliphatic heterocycles. The number of hydrogen-bond donors (Lipinski definition) is 4. The van der Waals surface area contributed by atoms with E-state index in [2.05, 4.69) is 95.5 Å². The zero-order valence-corrected chi connectivity index (χ0v) is 34.6. The molecule has 4 N–H and O–H groups in total. The average Bonchev–Trinajstić information content (AvgIpc) is 3.25. The SMILES string of the molecule is COc1[nH]c(C)c([N+](=O)[O-])c1C.COc1[nH]c(C)cc1C.II.I[I-]I.O=NO[O-].O=S(=O)(O)O.[K+]. The number of H-pyrrole nitrogens is 2. The molecule has 0 aliphatic rings. The van der Waals surface area contributed by atoms with Crippen molar-refractivity contribution in [2.75, 3.05) is 14.2 Å². The van der Waals surface area contributed by atoms with Gasteiger partial charge in [0.2, 0.25) is 5.88 Å². The van der Waals surface area contributed by atoms with E-state index in [4.69, 9.17) is 37.2 Å². The number of nitro groups is 1. The minimum atomic E-state index is -4.67. The van der Waals surface area contributed by atoms with E-state index in [0.29, 0.717) is 30.4 Å². The molecule has 0 fully saturated rings. The van der Waals surface area contributed by atoms with Crippen LogP contribution in [-0.4, -0.2) is 46.6 Å². The van der Waals surface area contributed by atoms with Gasteiger partial charge in [-0.25, -0.2) is 0 Å². The molecule has 2 rings (SSSR count). The Kier molecular flexibility index (Phi) is 39.9. The van der Waals surface area contributed by atoms with Crippen LogP contribution in [0.1, 0.15) is 22.5 Å². The maximum Gasteiger partial charge on any atom is 1.00 e. The van der Waals surface area contributed by atoms with Crippen molar-refractivity contribution in [1.82, 2.24) is 9.97 Å². The van der Waals surface area contributed by atoms with E-state index in [0.717, 1.165) is 17.1 Å². The summed E-state index contributed by atoms with van der Waals surface area (Å²) in [7, 11) is -1.53. The number of aromatic nitrogens is 2. The number of nitrogens with zero attached hydrogens (tertiary/aromatic N) is 2. The Hall–Kier alpha value is 2.08.